The molecule has 20 heavy (non-hydrogen) atoms. The molecule has 1 heterocycles. The van der Waals surface area contributed by atoms with E-state index in [9.17, 15) is 4.79 Å². The van der Waals surface area contributed by atoms with E-state index in [0.717, 1.165) is 38.0 Å². The minimum Gasteiger partial charge on any atom is -0.381 e. The van der Waals surface area contributed by atoms with Gasteiger partial charge in [0.05, 0.1) is 16.8 Å². The highest BCUT2D eigenvalue weighted by Crippen LogP contribution is 2.27. The molecular formula is C15H21ClN2O2. The molecule has 0 aromatic heterocycles. The molecule has 4 nitrogen and oxygen atoms in total. The maximum Gasteiger partial charge on any atom is 0.248 e. The molecule has 2 atom stereocenters. The van der Waals surface area contributed by atoms with E-state index in [0.29, 0.717) is 22.7 Å². The molecule has 5 heteroatoms. The highest BCUT2D eigenvalue weighted by Gasteiger charge is 2.22. The van der Waals surface area contributed by atoms with E-state index in [1.807, 2.05) is 0 Å². The number of anilines is 1. The van der Waals surface area contributed by atoms with Gasteiger partial charge < -0.3 is 15.8 Å². The second kappa shape index (κ2) is 6.95. The Morgan fingerprint density at radius 3 is 3.05 bits per heavy atom. The molecule has 1 aliphatic heterocycles. The molecule has 0 radical (unpaired) electrons. The number of nitrogens with one attached hydrogen (secondary N) is 1. The van der Waals surface area contributed by atoms with Crippen LogP contribution in [0.3, 0.4) is 0 Å². The molecule has 0 spiro atoms. The standard InChI is InChI=1S/C15H21ClN2O2/c1-2-3-12-9-11(6-7-20-12)18-14-8-10(15(17)19)4-5-13(14)16/h4-5,8,11-12,18H,2-3,6-7,9H2,1H3,(H2,17,19). The summed E-state index contributed by atoms with van der Waals surface area (Å²) in [6.07, 6.45) is 4.41. The summed E-state index contributed by atoms with van der Waals surface area (Å²) in [6.45, 7) is 2.92. The number of hydrogen-bond acceptors (Lipinski definition) is 3. The van der Waals surface area contributed by atoms with Gasteiger partial charge in [-0.3, -0.25) is 4.79 Å². The van der Waals surface area contributed by atoms with Crippen molar-refractivity contribution in [1.82, 2.24) is 0 Å². The van der Waals surface area contributed by atoms with Gasteiger partial charge in [-0.15, -0.1) is 0 Å². The van der Waals surface area contributed by atoms with Crippen molar-refractivity contribution in [3.63, 3.8) is 0 Å². The zero-order valence-corrected chi connectivity index (χ0v) is 12.5. The van der Waals surface area contributed by atoms with Crippen molar-refractivity contribution in [2.75, 3.05) is 11.9 Å². The van der Waals surface area contributed by atoms with Crippen molar-refractivity contribution in [2.24, 2.45) is 5.73 Å². The van der Waals surface area contributed by atoms with Gasteiger partial charge in [-0.2, -0.15) is 0 Å². The number of carbonyl (C=O) groups is 1. The summed E-state index contributed by atoms with van der Waals surface area (Å²) in [4.78, 5) is 11.2. The SMILES string of the molecule is CCCC1CC(Nc2cc(C(N)=O)ccc2Cl)CCO1. The van der Waals surface area contributed by atoms with Crippen LogP contribution < -0.4 is 11.1 Å². The summed E-state index contributed by atoms with van der Waals surface area (Å²) in [7, 11) is 0. The Hall–Kier alpha value is -1.26. The molecule has 1 aromatic carbocycles. The van der Waals surface area contributed by atoms with Gasteiger partial charge in [0, 0.05) is 18.2 Å². The summed E-state index contributed by atoms with van der Waals surface area (Å²) in [5.41, 5.74) is 6.53. The number of hydrogen-bond donors (Lipinski definition) is 2. The molecule has 3 N–H and O–H groups in total. The molecule has 110 valence electrons. The number of halogens is 1. The Morgan fingerprint density at radius 1 is 1.55 bits per heavy atom. The lowest BCUT2D eigenvalue weighted by Gasteiger charge is -2.31. The minimum absolute atomic E-state index is 0.310. The van der Waals surface area contributed by atoms with Crippen LogP contribution in [0.4, 0.5) is 5.69 Å². The van der Waals surface area contributed by atoms with Crippen LogP contribution in [0.2, 0.25) is 5.02 Å². The normalized spacial score (nSPS) is 22.5. The third-order valence-corrected chi connectivity index (χ3v) is 3.92. The molecule has 1 amide bonds. The quantitative estimate of drug-likeness (QED) is 0.877. The second-order valence-electron chi connectivity index (χ2n) is 5.21. The molecule has 2 unspecified atom stereocenters. The second-order valence-corrected chi connectivity index (χ2v) is 5.61. The minimum atomic E-state index is -0.444. The van der Waals surface area contributed by atoms with Gasteiger partial charge in [0.25, 0.3) is 0 Å². The Labute approximate surface area is 124 Å². The van der Waals surface area contributed by atoms with E-state index in [1.54, 1.807) is 18.2 Å². The van der Waals surface area contributed by atoms with Crippen LogP contribution in [-0.2, 0) is 4.74 Å². The van der Waals surface area contributed by atoms with Crippen molar-refractivity contribution in [3.05, 3.63) is 28.8 Å². The van der Waals surface area contributed by atoms with E-state index in [-0.39, 0.29) is 0 Å². The topological polar surface area (TPSA) is 64.3 Å². The van der Waals surface area contributed by atoms with E-state index in [1.165, 1.54) is 0 Å². The number of amides is 1. The predicted octanol–water partition coefficient (Wildman–Crippen LogP) is 3.20. The van der Waals surface area contributed by atoms with Gasteiger partial charge in [0.2, 0.25) is 5.91 Å². The first-order valence-corrected chi connectivity index (χ1v) is 7.45. The van der Waals surface area contributed by atoms with Gasteiger partial charge in [-0.05, 0) is 37.5 Å². The van der Waals surface area contributed by atoms with E-state index in [4.69, 9.17) is 22.1 Å². The van der Waals surface area contributed by atoms with Crippen LogP contribution >= 0.6 is 11.6 Å². The number of nitrogens with two attached hydrogens (primary N) is 1. The highest BCUT2D eigenvalue weighted by molar-refractivity contribution is 6.33. The molecule has 2 rings (SSSR count). The summed E-state index contributed by atoms with van der Waals surface area (Å²) in [6, 6.07) is 5.38. The average molecular weight is 297 g/mol. The van der Waals surface area contributed by atoms with Gasteiger partial charge in [0.1, 0.15) is 0 Å². The third-order valence-electron chi connectivity index (χ3n) is 3.59. The molecule has 0 aliphatic carbocycles. The highest BCUT2D eigenvalue weighted by atomic mass is 35.5. The van der Waals surface area contributed by atoms with Crippen LogP contribution in [-0.4, -0.2) is 24.7 Å². The molecule has 1 fully saturated rings. The first-order valence-electron chi connectivity index (χ1n) is 7.07. The van der Waals surface area contributed by atoms with Crippen molar-refractivity contribution in [2.45, 2.75) is 44.8 Å². The zero-order chi connectivity index (χ0) is 14.5. The fourth-order valence-corrected chi connectivity index (χ4v) is 2.72. The smallest absolute Gasteiger partial charge is 0.248 e. The van der Waals surface area contributed by atoms with Crippen LogP contribution in [0.5, 0.6) is 0 Å². The van der Waals surface area contributed by atoms with E-state index < -0.39 is 5.91 Å². The maximum atomic E-state index is 11.2. The number of benzene rings is 1. The lowest BCUT2D eigenvalue weighted by Crippen LogP contribution is -2.34. The Bertz CT molecular complexity index is 477. The number of ether oxygens (including phenoxy) is 1. The van der Waals surface area contributed by atoms with Crippen LogP contribution in [0.15, 0.2) is 18.2 Å². The fourth-order valence-electron chi connectivity index (χ4n) is 2.54. The first kappa shape index (κ1) is 15.1. The zero-order valence-electron chi connectivity index (χ0n) is 11.7. The maximum absolute atomic E-state index is 11.2. The van der Waals surface area contributed by atoms with Crippen molar-refractivity contribution >= 4 is 23.2 Å². The number of rotatable bonds is 5. The van der Waals surface area contributed by atoms with Crippen molar-refractivity contribution in [3.8, 4) is 0 Å². The van der Waals surface area contributed by atoms with Gasteiger partial charge in [-0.25, -0.2) is 0 Å². The third kappa shape index (κ3) is 3.87. The lowest BCUT2D eigenvalue weighted by atomic mass is 9.99. The number of primary amides is 1. The Morgan fingerprint density at radius 2 is 2.35 bits per heavy atom. The Kier molecular flexibility index (Phi) is 5.26. The molecule has 1 aliphatic rings. The monoisotopic (exact) mass is 296 g/mol. The first-order chi connectivity index (χ1) is 9.60. The summed E-state index contributed by atoms with van der Waals surface area (Å²) in [5, 5.41) is 4.02. The van der Waals surface area contributed by atoms with Crippen molar-refractivity contribution < 1.29 is 9.53 Å². The molecular weight excluding hydrogens is 276 g/mol. The number of carbonyl (C=O) groups excluding carboxylic acids is 1. The summed E-state index contributed by atoms with van der Waals surface area (Å²) < 4.78 is 5.73. The Balaban J connectivity index is 2.05. The molecule has 0 saturated carbocycles. The fraction of sp³-hybridized carbons (Fsp3) is 0.533. The summed E-state index contributed by atoms with van der Waals surface area (Å²) >= 11 is 6.17. The van der Waals surface area contributed by atoms with E-state index in [2.05, 4.69) is 12.2 Å². The van der Waals surface area contributed by atoms with Crippen LogP contribution in [0, 0.1) is 0 Å². The van der Waals surface area contributed by atoms with Gasteiger partial charge in [-0.1, -0.05) is 24.9 Å². The summed E-state index contributed by atoms with van der Waals surface area (Å²) in [5.74, 6) is -0.444. The van der Waals surface area contributed by atoms with Crippen molar-refractivity contribution in [1.29, 1.82) is 0 Å². The predicted molar refractivity (Wildman–Crippen MR) is 81.3 cm³/mol. The lowest BCUT2D eigenvalue weighted by molar-refractivity contribution is 0.00597. The molecule has 0 bridgehead atoms. The molecule has 1 saturated heterocycles. The average Bonchev–Trinajstić information content (AvgIpc) is 2.42. The molecule has 1 aromatic rings. The largest absolute Gasteiger partial charge is 0.381 e. The van der Waals surface area contributed by atoms with Crippen LogP contribution in [0.25, 0.3) is 0 Å². The van der Waals surface area contributed by atoms with Crippen LogP contribution in [0.1, 0.15) is 43.0 Å². The van der Waals surface area contributed by atoms with Gasteiger partial charge in [0.15, 0.2) is 0 Å². The van der Waals surface area contributed by atoms with Gasteiger partial charge >= 0.3 is 0 Å². The van der Waals surface area contributed by atoms with E-state index >= 15 is 0 Å².